The van der Waals surface area contributed by atoms with Gasteiger partial charge in [-0.3, -0.25) is 9.69 Å². The van der Waals surface area contributed by atoms with Gasteiger partial charge in [0.25, 0.3) is 0 Å². The normalized spacial score (nSPS) is 37.1. The molecular formula is C11H21N3O2. The van der Waals surface area contributed by atoms with Crippen LogP contribution in [0, 0.1) is 0 Å². The zero-order valence-corrected chi connectivity index (χ0v) is 10.0. The molecule has 0 aromatic rings. The molecule has 2 heterocycles. The molecule has 0 aromatic carbocycles. The lowest BCUT2D eigenvalue weighted by Gasteiger charge is -2.37. The van der Waals surface area contributed by atoms with E-state index >= 15 is 0 Å². The molecule has 1 amide bonds. The molecule has 2 N–H and O–H groups in total. The van der Waals surface area contributed by atoms with Crippen molar-refractivity contribution in [3.63, 3.8) is 0 Å². The molecule has 2 aliphatic heterocycles. The Bertz CT molecular complexity index is 260. The van der Waals surface area contributed by atoms with Gasteiger partial charge in [-0.15, -0.1) is 0 Å². The number of morpholine rings is 1. The predicted molar refractivity (Wildman–Crippen MR) is 61.2 cm³/mol. The molecule has 2 fully saturated rings. The summed E-state index contributed by atoms with van der Waals surface area (Å²) in [6.45, 7) is 8.34. The van der Waals surface area contributed by atoms with Gasteiger partial charge in [0, 0.05) is 32.7 Å². The smallest absolute Gasteiger partial charge is 0.237 e. The number of rotatable bonds is 2. The first-order valence-electron chi connectivity index (χ1n) is 6.04. The Labute approximate surface area is 96.5 Å². The third-order valence-corrected chi connectivity index (χ3v) is 3.29. The molecule has 0 unspecified atom stereocenters. The van der Waals surface area contributed by atoms with E-state index < -0.39 is 0 Å². The largest absolute Gasteiger partial charge is 0.371 e. The zero-order valence-electron chi connectivity index (χ0n) is 10.0. The number of carbonyl (C=O) groups is 1. The van der Waals surface area contributed by atoms with Crippen LogP contribution in [0.1, 0.15) is 13.8 Å². The number of carbonyl (C=O) groups excluding carboxylic acids is 1. The highest BCUT2D eigenvalue weighted by Crippen LogP contribution is 2.09. The number of hydrogen-bond donors (Lipinski definition) is 2. The van der Waals surface area contributed by atoms with Crippen LogP contribution in [0.15, 0.2) is 0 Å². The molecule has 16 heavy (non-hydrogen) atoms. The quantitative estimate of drug-likeness (QED) is 0.647. The highest BCUT2D eigenvalue weighted by atomic mass is 16.5. The molecule has 5 nitrogen and oxygen atoms in total. The van der Waals surface area contributed by atoms with E-state index in [-0.39, 0.29) is 24.2 Å². The Morgan fingerprint density at radius 2 is 2.25 bits per heavy atom. The fraction of sp³-hybridized carbons (Fsp3) is 0.909. The van der Waals surface area contributed by atoms with Gasteiger partial charge in [0.05, 0.1) is 18.2 Å². The summed E-state index contributed by atoms with van der Waals surface area (Å²) in [5.41, 5.74) is 0. The number of ether oxygens (including phenoxy) is 1. The summed E-state index contributed by atoms with van der Waals surface area (Å²) in [5, 5.41) is 6.22. The van der Waals surface area contributed by atoms with Crippen molar-refractivity contribution in [2.75, 3.05) is 32.7 Å². The van der Waals surface area contributed by atoms with Crippen LogP contribution in [0.4, 0.5) is 0 Å². The highest BCUT2D eigenvalue weighted by Gasteiger charge is 2.29. The zero-order chi connectivity index (χ0) is 11.5. The molecule has 5 heteroatoms. The SMILES string of the molecule is C[C@@H]1CNC[C@@H](CN2CCNC(=O)[C@H]2C)O1. The molecule has 2 saturated heterocycles. The van der Waals surface area contributed by atoms with Gasteiger partial charge in [0.2, 0.25) is 5.91 Å². The molecule has 0 bridgehead atoms. The maximum absolute atomic E-state index is 11.5. The van der Waals surface area contributed by atoms with Crippen LogP contribution in [0.25, 0.3) is 0 Å². The number of piperazine rings is 1. The Morgan fingerprint density at radius 3 is 3.00 bits per heavy atom. The average Bonchev–Trinajstić information content (AvgIpc) is 2.25. The predicted octanol–water partition coefficient (Wildman–Crippen LogP) is -0.816. The molecule has 3 atom stereocenters. The van der Waals surface area contributed by atoms with E-state index in [1.807, 2.05) is 6.92 Å². The topological polar surface area (TPSA) is 53.6 Å². The summed E-state index contributed by atoms with van der Waals surface area (Å²) < 4.78 is 5.84. The minimum Gasteiger partial charge on any atom is -0.371 e. The van der Waals surface area contributed by atoms with E-state index in [0.29, 0.717) is 0 Å². The fourth-order valence-electron chi connectivity index (χ4n) is 2.32. The Balaban J connectivity index is 1.85. The summed E-state index contributed by atoms with van der Waals surface area (Å²) in [5.74, 6) is 0.128. The van der Waals surface area contributed by atoms with Crippen molar-refractivity contribution in [1.29, 1.82) is 0 Å². The second kappa shape index (κ2) is 5.12. The van der Waals surface area contributed by atoms with E-state index in [1.54, 1.807) is 0 Å². The van der Waals surface area contributed by atoms with Gasteiger partial charge in [-0.2, -0.15) is 0 Å². The third kappa shape index (κ3) is 2.72. The lowest BCUT2D eigenvalue weighted by atomic mass is 10.1. The second-order valence-corrected chi connectivity index (χ2v) is 4.69. The standard InChI is InChI=1S/C11H21N3O2/c1-8-5-12-6-10(16-8)7-14-4-3-13-11(15)9(14)2/h8-10,12H,3-7H2,1-2H3,(H,13,15)/t8-,9-,10+/m1/s1. The summed E-state index contributed by atoms with van der Waals surface area (Å²) >= 11 is 0. The van der Waals surface area contributed by atoms with Crippen LogP contribution in [0.5, 0.6) is 0 Å². The van der Waals surface area contributed by atoms with Crippen LogP contribution in [0.2, 0.25) is 0 Å². The lowest BCUT2D eigenvalue weighted by molar-refractivity contribution is -0.130. The van der Waals surface area contributed by atoms with E-state index in [2.05, 4.69) is 22.5 Å². The van der Waals surface area contributed by atoms with Gasteiger partial charge in [-0.05, 0) is 13.8 Å². The molecule has 0 spiro atoms. The lowest BCUT2D eigenvalue weighted by Crippen LogP contribution is -2.57. The fourth-order valence-corrected chi connectivity index (χ4v) is 2.32. The van der Waals surface area contributed by atoms with Gasteiger partial charge in [0.15, 0.2) is 0 Å². The van der Waals surface area contributed by atoms with E-state index in [0.717, 1.165) is 32.7 Å². The van der Waals surface area contributed by atoms with Crippen molar-refractivity contribution in [1.82, 2.24) is 15.5 Å². The molecule has 0 aromatic heterocycles. The Hall–Kier alpha value is -0.650. The van der Waals surface area contributed by atoms with E-state index in [9.17, 15) is 4.79 Å². The highest BCUT2D eigenvalue weighted by molar-refractivity contribution is 5.81. The number of amides is 1. The molecular weight excluding hydrogens is 206 g/mol. The van der Waals surface area contributed by atoms with Crippen LogP contribution < -0.4 is 10.6 Å². The number of nitrogens with one attached hydrogen (secondary N) is 2. The van der Waals surface area contributed by atoms with Crippen molar-refractivity contribution in [3.05, 3.63) is 0 Å². The van der Waals surface area contributed by atoms with Gasteiger partial charge >= 0.3 is 0 Å². The van der Waals surface area contributed by atoms with Crippen molar-refractivity contribution in [2.24, 2.45) is 0 Å². The molecule has 0 radical (unpaired) electrons. The van der Waals surface area contributed by atoms with Gasteiger partial charge in [-0.25, -0.2) is 0 Å². The van der Waals surface area contributed by atoms with Crippen molar-refractivity contribution in [3.8, 4) is 0 Å². The summed E-state index contributed by atoms with van der Waals surface area (Å²) in [7, 11) is 0. The van der Waals surface area contributed by atoms with Gasteiger partial charge in [0.1, 0.15) is 0 Å². The average molecular weight is 227 g/mol. The summed E-state index contributed by atoms with van der Waals surface area (Å²) in [4.78, 5) is 13.7. The number of hydrogen-bond acceptors (Lipinski definition) is 4. The Morgan fingerprint density at radius 1 is 1.44 bits per heavy atom. The Kier molecular flexibility index (Phi) is 3.78. The van der Waals surface area contributed by atoms with Crippen molar-refractivity contribution in [2.45, 2.75) is 32.1 Å². The summed E-state index contributed by atoms with van der Waals surface area (Å²) in [6, 6.07) is -0.0328. The van der Waals surface area contributed by atoms with Crippen LogP contribution in [-0.4, -0.2) is 61.8 Å². The van der Waals surface area contributed by atoms with Crippen LogP contribution in [0.3, 0.4) is 0 Å². The maximum Gasteiger partial charge on any atom is 0.237 e. The van der Waals surface area contributed by atoms with E-state index in [1.165, 1.54) is 0 Å². The number of nitrogens with zero attached hydrogens (tertiary/aromatic N) is 1. The molecule has 2 aliphatic rings. The summed E-state index contributed by atoms with van der Waals surface area (Å²) in [6.07, 6.45) is 0.477. The minimum atomic E-state index is -0.0328. The van der Waals surface area contributed by atoms with Gasteiger partial charge < -0.3 is 15.4 Å². The molecule has 0 aliphatic carbocycles. The monoisotopic (exact) mass is 227 g/mol. The van der Waals surface area contributed by atoms with Crippen LogP contribution >= 0.6 is 0 Å². The maximum atomic E-state index is 11.5. The second-order valence-electron chi connectivity index (χ2n) is 4.69. The molecule has 2 rings (SSSR count). The first-order chi connectivity index (χ1) is 7.66. The first-order valence-corrected chi connectivity index (χ1v) is 6.04. The van der Waals surface area contributed by atoms with Crippen molar-refractivity contribution < 1.29 is 9.53 Å². The first kappa shape index (κ1) is 11.8. The van der Waals surface area contributed by atoms with E-state index in [4.69, 9.17) is 4.74 Å². The third-order valence-electron chi connectivity index (χ3n) is 3.29. The van der Waals surface area contributed by atoms with Crippen LogP contribution in [-0.2, 0) is 9.53 Å². The van der Waals surface area contributed by atoms with Gasteiger partial charge in [-0.1, -0.05) is 0 Å². The van der Waals surface area contributed by atoms with Crippen molar-refractivity contribution >= 4 is 5.91 Å². The molecule has 92 valence electrons. The molecule has 0 saturated carbocycles. The minimum absolute atomic E-state index is 0.0328.